The highest BCUT2D eigenvalue weighted by Crippen LogP contribution is 2.29. The fourth-order valence-electron chi connectivity index (χ4n) is 3.75. The Morgan fingerprint density at radius 3 is 2.50 bits per heavy atom. The molecule has 2 aromatic rings. The second-order valence-electron chi connectivity index (χ2n) is 7.26. The molecule has 0 unspecified atom stereocenters. The highest BCUT2D eigenvalue weighted by atomic mass is 16.5. The van der Waals surface area contributed by atoms with E-state index in [1.807, 2.05) is 23.1 Å². The summed E-state index contributed by atoms with van der Waals surface area (Å²) < 4.78 is 10.6. The largest absolute Gasteiger partial charge is 0.497 e. The number of benzene rings is 2. The van der Waals surface area contributed by atoms with Crippen molar-refractivity contribution in [1.82, 2.24) is 4.90 Å². The predicted octanol–water partition coefficient (Wildman–Crippen LogP) is 3.99. The average molecular weight is 383 g/mol. The van der Waals surface area contributed by atoms with Crippen LogP contribution in [0.1, 0.15) is 24.8 Å². The van der Waals surface area contributed by atoms with Crippen LogP contribution in [0, 0.1) is 5.92 Å². The van der Waals surface area contributed by atoms with E-state index < -0.39 is 0 Å². The summed E-state index contributed by atoms with van der Waals surface area (Å²) in [6, 6.07) is 16.2. The van der Waals surface area contributed by atoms with Crippen LogP contribution >= 0.6 is 0 Å². The fraction of sp³-hybridized carbons (Fsp3) is 0.435. The lowest BCUT2D eigenvalue weighted by Gasteiger charge is -2.32. The number of carbonyl (C=O) groups excluding carboxylic acids is 1. The number of ether oxygens (including phenoxy) is 2. The Hall–Kier alpha value is -2.69. The highest BCUT2D eigenvalue weighted by Gasteiger charge is 2.22. The Morgan fingerprint density at radius 2 is 1.82 bits per heavy atom. The van der Waals surface area contributed by atoms with Crippen molar-refractivity contribution < 1.29 is 14.3 Å². The van der Waals surface area contributed by atoms with E-state index in [1.165, 1.54) is 5.56 Å². The van der Waals surface area contributed by atoms with Crippen LogP contribution in [0.3, 0.4) is 0 Å². The number of nitrogens with one attached hydrogen (secondary N) is 1. The van der Waals surface area contributed by atoms with Gasteiger partial charge < -0.3 is 19.7 Å². The number of nitrogens with zero attached hydrogens (tertiary/aromatic N) is 1. The molecule has 1 aliphatic rings. The molecule has 0 spiro atoms. The molecule has 5 nitrogen and oxygen atoms in total. The van der Waals surface area contributed by atoms with Gasteiger partial charge in [0.1, 0.15) is 11.5 Å². The van der Waals surface area contributed by atoms with Crippen molar-refractivity contribution in [1.29, 1.82) is 0 Å². The standard InChI is InChI=1S/C23H30N2O3/c1-27-20-8-9-22(28-2)21(17-20)24-13-10-23(26)25-14-11-19(12-15-25)16-18-6-4-3-5-7-18/h3-9,17,19,24H,10-16H2,1-2H3. The lowest BCUT2D eigenvalue weighted by molar-refractivity contribution is -0.132. The summed E-state index contributed by atoms with van der Waals surface area (Å²) in [5, 5.41) is 3.30. The molecule has 2 aromatic carbocycles. The van der Waals surface area contributed by atoms with Gasteiger partial charge in [-0.05, 0) is 42.9 Å². The minimum absolute atomic E-state index is 0.215. The van der Waals surface area contributed by atoms with Gasteiger partial charge in [-0.15, -0.1) is 0 Å². The zero-order valence-corrected chi connectivity index (χ0v) is 16.8. The third-order valence-corrected chi connectivity index (χ3v) is 5.40. The van der Waals surface area contributed by atoms with Crippen molar-refractivity contribution >= 4 is 11.6 Å². The van der Waals surface area contributed by atoms with E-state index in [4.69, 9.17) is 9.47 Å². The minimum Gasteiger partial charge on any atom is -0.497 e. The van der Waals surface area contributed by atoms with Crippen molar-refractivity contribution in [2.75, 3.05) is 39.2 Å². The van der Waals surface area contributed by atoms with Gasteiger partial charge in [0.15, 0.2) is 0 Å². The maximum atomic E-state index is 12.6. The highest BCUT2D eigenvalue weighted by molar-refractivity contribution is 5.77. The van der Waals surface area contributed by atoms with Crippen LogP contribution in [0.15, 0.2) is 48.5 Å². The molecule has 1 fully saturated rings. The van der Waals surface area contributed by atoms with Gasteiger partial charge in [0, 0.05) is 32.1 Å². The average Bonchev–Trinajstić information content (AvgIpc) is 2.74. The van der Waals surface area contributed by atoms with E-state index in [-0.39, 0.29) is 5.91 Å². The number of anilines is 1. The number of rotatable bonds is 8. The number of piperidine rings is 1. The topological polar surface area (TPSA) is 50.8 Å². The first kappa shape index (κ1) is 20.1. The summed E-state index contributed by atoms with van der Waals surface area (Å²) in [4.78, 5) is 14.6. The van der Waals surface area contributed by atoms with E-state index in [0.717, 1.165) is 49.5 Å². The van der Waals surface area contributed by atoms with Crippen molar-refractivity contribution in [3.63, 3.8) is 0 Å². The summed E-state index contributed by atoms with van der Waals surface area (Å²) in [6.45, 7) is 2.30. The second kappa shape index (κ2) is 10.0. The number of carbonyl (C=O) groups is 1. The SMILES string of the molecule is COc1ccc(OC)c(NCCC(=O)N2CCC(Cc3ccccc3)CC2)c1. The first-order valence-corrected chi connectivity index (χ1v) is 9.97. The molecule has 1 N–H and O–H groups in total. The molecule has 0 saturated carbocycles. The second-order valence-corrected chi connectivity index (χ2v) is 7.26. The Morgan fingerprint density at radius 1 is 1.07 bits per heavy atom. The molecule has 1 saturated heterocycles. The number of methoxy groups -OCH3 is 2. The number of likely N-dealkylation sites (tertiary alicyclic amines) is 1. The van der Waals surface area contributed by atoms with Gasteiger partial charge in [0.25, 0.3) is 0 Å². The van der Waals surface area contributed by atoms with Gasteiger partial charge in [-0.25, -0.2) is 0 Å². The number of hydrogen-bond acceptors (Lipinski definition) is 4. The third-order valence-electron chi connectivity index (χ3n) is 5.40. The molecule has 28 heavy (non-hydrogen) atoms. The minimum atomic E-state index is 0.215. The smallest absolute Gasteiger partial charge is 0.224 e. The van der Waals surface area contributed by atoms with Crippen LogP contribution in [0.2, 0.25) is 0 Å². The first-order chi connectivity index (χ1) is 13.7. The Kier molecular flexibility index (Phi) is 7.18. The van der Waals surface area contributed by atoms with E-state index >= 15 is 0 Å². The van der Waals surface area contributed by atoms with Crippen LogP contribution in [-0.4, -0.2) is 44.7 Å². The quantitative estimate of drug-likeness (QED) is 0.750. The monoisotopic (exact) mass is 382 g/mol. The zero-order chi connectivity index (χ0) is 19.8. The van der Waals surface area contributed by atoms with Crippen LogP contribution in [-0.2, 0) is 11.2 Å². The first-order valence-electron chi connectivity index (χ1n) is 9.97. The van der Waals surface area contributed by atoms with Crippen LogP contribution < -0.4 is 14.8 Å². The summed E-state index contributed by atoms with van der Waals surface area (Å²) in [5.74, 6) is 2.39. The van der Waals surface area contributed by atoms with Crippen molar-refractivity contribution in [3.05, 3.63) is 54.1 Å². The molecule has 0 radical (unpaired) electrons. The van der Waals surface area contributed by atoms with Crippen molar-refractivity contribution in [3.8, 4) is 11.5 Å². The van der Waals surface area contributed by atoms with Gasteiger partial charge in [-0.1, -0.05) is 30.3 Å². The molecule has 1 amide bonds. The summed E-state index contributed by atoms with van der Waals surface area (Å²) in [6.07, 6.45) is 3.75. The molecule has 1 aliphatic heterocycles. The van der Waals surface area contributed by atoms with Crippen LogP contribution in [0.25, 0.3) is 0 Å². The lowest BCUT2D eigenvalue weighted by Crippen LogP contribution is -2.39. The molecule has 1 heterocycles. The fourth-order valence-corrected chi connectivity index (χ4v) is 3.75. The molecule has 150 valence electrons. The summed E-state index contributed by atoms with van der Waals surface area (Å²) in [5.41, 5.74) is 2.24. The summed E-state index contributed by atoms with van der Waals surface area (Å²) in [7, 11) is 3.27. The van der Waals surface area contributed by atoms with Gasteiger partial charge in [0.2, 0.25) is 5.91 Å². The van der Waals surface area contributed by atoms with Gasteiger partial charge in [0.05, 0.1) is 19.9 Å². The Bertz CT molecular complexity index is 756. The molecule has 0 bridgehead atoms. The molecule has 3 rings (SSSR count). The van der Waals surface area contributed by atoms with Crippen molar-refractivity contribution in [2.45, 2.75) is 25.7 Å². The van der Waals surface area contributed by atoms with E-state index in [9.17, 15) is 4.79 Å². The zero-order valence-electron chi connectivity index (χ0n) is 16.8. The molecule has 0 atom stereocenters. The van der Waals surface area contributed by atoms with Gasteiger partial charge in [-0.2, -0.15) is 0 Å². The normalized spacial score (nSPS) is 14.6. The van der Waals surface area contributed by atoms with E-state index in [2.05, 4.69) is 35.6 Å². The molecular formula is C23H30N2O3. The van der Waals surface area contributed by atoms with E-state index in [0.29, 0.717) is 18.9 Å². The Labute approximate surface area is 167 Å². The number of amides is 1. The maximum absolute atomic E-state index is 12.6. The van der Waals surface area contributed by atoms with Crippen LogP contribution in [0.5, 0.6) is 11.5 Å². The van der Waals surface area contributed by atoms with Crippen LogP contribution in [0.4, 0.5) is 5.69 Å². The molecule has 0 aliphatic carbocycles. The van der Waals surface area contributed by atoms with E-state index in [1.54, 1.807) is 14.2 Å². The maximum Gasteiger partial charge on any atom is 0.224 e. The molecule has 0 aromatic heterocycles. The van der Waals surface area contributed by atoms with Gasteiger partial charge >= 0.3 is 0 Å². The lowest BCUT2D eigenvalue weighted by atomic mass is 9.90. The number of hydrogen-bond donors (Lipinski definition) is 1. The van der Waals surface area contributed by atoms with Crippen molar-refractivity contribution in [2.24, 2.45) is 5.92 Å². The molecular weight excluding hydrogens is 352 g/mol. The molecule has 5 heteroatoms. The Balaban J connectivity index is 1.42. The third kappa shape index (κ3) is 5.41. The summed E-state index contributed by atoms with van der Waals surface area (Å²) >= 11 is 0. The van der Waals surface area contributed by atoms with Gasteiger partial charge in [-0.3, -0.25) is 4.79 Å². The predicted molar refractivity (Wildman–Crippen MR) is 112 cm³/mol.